The fraction of sp³-hybridized carbons (Fsp3) is 0.0345. The molecular weight excluding hydrogens is 364 g/mol. The van der Waals surface area contributed by atoms with Crippen molar-refractivity contribution in [1.82, 2.24) is 0 Å². The van der Waals surface area contributed by atoms with Gasteiger partial charge in [0.25, 0.3) is 0 Å². The molecule has 5 aromatic carbocycles. The van der Waals surface area contributed by atoms with Gasteiger partial charge in [0.1, 0.15) is 5.75 Å². The number of phenolic OH excluding ortho intramolecular Hbond substituents is 1. The molecule has 0 heterocycles. The molecule has 1 nitrogen and oxygen atoms in total. The van der Waals surface area contributed by atoms with Crippen LogP contribution >= 0.6 is 0 Å². The molecule has 0 atom stereocenters. The van der Waals surface area contributed by atoms with Gasteiger partial charge in [0.05, 0.1) is 5.41 Å². The Balaban J connectivity index is 1.91. The summed E-state index contributed by atoms with van der Waals surface area (Å²) in [6.07, 6.45) is 0. The van der Waals surface area contributed by atoms with E-state index in [0.29, 0.717) is 0 Å². The highest BCUT2D eigenvalue weighted by Gasteiger charge is 2.44. The van der Waals surface area contributed by atoms with Crippen molar-refractivity contribution in [2.75, 3.05) is 0 Å². The predicted molar refractivity (Wildman–Crippen MR) is 123 cm³/mol. The zero-order chi connectivity index (χ0) is 20.1. The number of rotatable bonds is 2. The standard InChI is InChI=1S/C29H20O/c30-23-17-18-24-25-15-7-9-20-10-8-16-26(28(20)25)29(27(24)19-23,21-11-3-1-4-12-21)22-13-5-2-6-14-22/h1-19,30H. The van der Waals surface area contributed by atoms with Crippen molar-refractivity contribution in [2.45, 2.75) is 5.41 Å². The number of aromatic hydroxyl groups is 1. The second-order valence-corrected chi connectivity index (χ2v) is 7.92. The quantitative estimate of drug-likeness (QED) is 0.344. The third-order valence-corrected chi connectivity index (χ3v) is 6.42. The molecule has 1 aliphatic carbocycles. The molecule has 1 heteroatoms. The Labute approximate surface area is 175 Å². The largest absolute Gasteiger partial charge is 0.508 e. The molecular formula is C29H20O. The molecule has 0 amide bonds. The maximum absolute atomic E-state index is 10.6. The van der Waals surface area contributed by atoms with E-state index in [1.165, 1.54) is 38.6 Å². The van der Waals surface area contributed by atoms with Gasteiger partial charge in [0.15, 0.2) is 0 Å². The molecule has 1 aliphatic rings. The van der Waals surface area contributed by atoms with Gasteiger partial charge in [-0.25, -0.2) is 0 Å². The first-order chi connectivity index (χ1) is 14.8. The van der Waals surface area contributed by atoms with Crippen LogP contribution in [0.15, 0.2) is 115 Å². The summed E-state index contributed by atoms with van der Waals surface area (Å²) in [5, 5.41) is 13.1. The van der Waals surface area contributed by atoms with Crippen molar-refractivity contribution >= 4 is 10.8 Å². The molecule has 142 valence electrons. The van der Waals surface area contributed by atoms with E-state index in [4.69, 9.17) is 0 Å². The molecule has 30 heavy (non-hydrogen) atoms. The molecule has 5 aromatic rings. The molecule has 0 bridgehead atoms. The monoisotopic (exact) mass is 384 g/mol. The Bertz CT molecular complexity index is 1340. The van der Waals surface area contributed by atoms with E-state index in [0.717, 1.165) is 5.56 Å². The van der Waals surface area contributed by atoms with Crippen LogP contribution in [0, 0.1) is 0 Å². The van der Waals surface area contributed by atoms with Crippen LogP contribution in [0.1, 0.15) is 22.3 Å². The first kappa shape index (κ1) is 17.1. The van der Waals surface area contributed by atoms with Crippen LogP contribution in [0.5, 0.6) is 5.75 Å². The minimum absolute atomic E-state index is 0.288. The van der Waals surface area contributed by atoms with Crippen LogP contribution in [-0.4, -0.2) is 5.11 Å². The molecule has 0 radical (unpaired) electrons. The molecule has 0 spiro atoms. The van der Waals surface area contributed by atoms with Gasteiger partial charge >= 0.3 is 0 Å². The van der Waals surface area contributed by atoms with Crippen molar-refractivity contribution in [3.05, 3.63) is 138 Å². The van der Waals surface area contributed by atoms with Gasteiger partial charge in [-0.1, -0.05) is 103 Å². The zero-order valence-corrected chi connectivity index (χ0v) is 16.4. The Hall–Kier alpha value is -3.84. The molecule has 6 rings (SSSR count). The normalized spacial score (nSPS) is 13.7. The highest BCUT2D eigenvalue weighted by molar-refractivity contribution is 6.04. The fourth-order valence-electron chi connectivity index (χ4n) is 5.27. The van der Waals surface area contributed by atoms with Crippen molar-refractivity contribution < 1.29 is 5.11 Å². The van der Waals surface area contributed by atoms with Crippen LogP contribution in [0.2, 0.25) is 0 Å². The average molecular weight is 384 g/mol. The lowest BCUT2D eigenvalue weighted by Crippen LogP contribution is -2.33. The third-order valence-electron chi connectivity index (χ3n) is 6.42. The lowest BCUT2D eigenvalue weighted by molar-refractivity contribution is 0.473. The Morgan fingerprint density at radius 2 is 1.13 bits per heavy atom. The van der Waals surface area contributed by atoms with Crippen molar-refractivity contribution in [2.24, 2.45) is 0 Å². The van der Waals surface area contributed by atoms with E-state index in [-0.39, 0.29) is 5.75 Å². The summed E-state index contributed by atoms with van der Waals surface area (Å²) in [6.45, 7) is 0. The summed E-state index contributed by atoms with van der Waals surface area (Å²) >= 11 is 0. The molecule has 0 aliphatic heterocycles. The second-order valence-electron chi connectivity index (χ2n) is 7.92. The summed E-state index contributed by atoms with van der Waals surface area (Å²) in [4.78, 5) is 0. The number of fused-ring (bicyclic) bond motifs is 2. The summed E-state index contributed by atoms with van der Waals surface area (Å²) < 4.78 is 0. The number of phenols is 1. The van der Waals surface area contributed by atoms with Gasteiger partial charge in [-0.2, -0.15) is 0 Å². The van der Waals surface area contributed by atoms with Crippen LogP contribution in [0.25, 0.3) is 21.9 Å². The van der Waals surface area contributed by atoms with Gasteiger partial charge in [-0.15, -0.1) is 0 Å². The highest BCUT2D eigenvalue weighted by atomic mass is 16.3. The third kappa shape index (κ3) is 2.18. The lowest BCUT2D eigenvalue weighted by Gasteiger charge is -2.42. The maximum Gasteiger partial charge on any atom is 0.115 e. The van der Waals surface area contributed by atoms with E-state index >= 15 is 0 Å². The Morgan fingerprint density at radius 1 is 0.500 bits per heavy atom. The highest BCUT2D eigenvalue weighted by Crippen LogP contribution is 2.55. The second kappa shape index (κ2) is 6.33. The summed E-state index contributed by atoms with van der Waals surface area (Å²) in [5.41, 5.74) is 6.66. The summed E-state index contributed by atoms with van der Waals surface area (Å²) in [5.74, 6) is 0.288. The van der Waals surface area contributed by atoms with Crippen LogP contribution < -0.4 is 0 Å². The van der Waals surface area contributed by atoms with Gasteiger partial charge in [0.2, 0.25) is 0 Å². The van der Waals surface area contributed by atoms with Crippen LogP contribution in [0.4, 0.5) is 0 Å². The van der Waals surface area contributed by atoms with E-state index < -0.39 is 5.41 Å². The first-order valence-electron chi connectivity index (χ1n) is 10.3. The van der Waals surface area contributed by atoms with Crippen molar-refractivity contribution in [3.8, 4) is 16.9 Å². The zero-order valence-electron chi connectivity index (χ0n) is 16.4. The van der Waals surface area contributed by atoms with Gasteiger partial charge < -0.3 is 5.11 Å². The van der Waals surface area contributed by atoms with Crippen LogP contribution in [0.3, 0.4) is 0 Å². The molecule has 0 saturated carbocycles. The average Bonchev–Trinajstić information content (AvgIpc) is 2.81. The first-order valence-corrected chi connectivity index (χ1v) is 10.3. The summed E-state index contributed by atoms with van der Waals surface area (Å²) in [7, 11) is 0. The lowest BCUT2D eigenvalue weighted by atomic mass is 9.59. The number of benzene rings is 5. The van der Waals surface area contributed by atoms with E-state index in [2.05, 4.69) is 103 Å². The van der Waals surface area contributed by atoms with Crippen LogP contribution in [-0.2, 0) is 5.41 Å². The predicted octanol–water partition coefficient (Wildman–Crippen LogP) is 6.91. The topological polar surface area (TPSA) is 20.2 Å². The van der Waals surface area contributed by atoms with Gasteiger partial charge in [-0.05, 0) is 56.3 Å². The van der Waals surface area contributed by atoms with Gasteiger partial charge in [0, 0.05) is 0 Å². The van der Waals surface area contributed by atoms with E-state index in [9.17, 15) is 5.11 Å². The molecule has 0 unspecified atom stereocenters. The van der Waals surface area contributed by atoms with E-state index in [1.54, 1.807) is 6.07 Å². The maximum atomic E-state index is 10.6. The molecule has 1 N–H and O–H groups in total. The molecule has 0 fully saturated rings. The Morgan fingerprint density at radius 3 is 1.80 bits per heavy atom. The van der Waals surface area contributed by atoms with Crippen molar-refractivity contribution in [3.63, 3.8) is 0 Å². The smallest absolute Gasteiger partial charge is 0.115 e. The minimum atomic E-state index is -0.509. The number of hydrogen-bond donors (Lipinski definition) is 1. The van der Waals surface area contributed by atoms with Gasteiger partial charge in [-0.3, -0.25) is 0 Å². The Kier molecular flexibility index (Phi) is 3.60. The minimum Gasteiger partial charge on any atom is -0.508 e. The number of hydrogen-bond acceptors (Lipinski definition) is 1. The molecule has 0 saturated heterocycles. The van der Waals surface area contributed by atoms with E-state index in [1.807, 2.05) is 6.07 Å². The fourth-order valence-corrected chi connectivity index (χ4v) is 5.27. The molecule has 0 aromatic heterocycles. The van der Waals surface area contributed by atoms with Crippen molar-refractivity contribution in [1.29, 1.82) is 0 Å². The SMILES string of the molecule is Oc1ccc2c(c1)C(c1ccccc1)(c1ccccc1)c1cccc3cccc-2c13. The summed E-state index contributed by atoms with van der Waals surface area (Å²) in [6, 6.07) is 40.2.